The molecular weight excluding hydrogens is 342 g/mol. The Morgan fingerprint density at radius 2 is 2.24 bits per heavy atom. The van der Waals surface area contributed by atoms with Gasteiger partial charge in [-0.3, -0.25) is 10.2 Å². The maximum absolute atomic E-state index is 11.4. The molecule has 0 atom stereocenters. The molecule has 0 unspecified atom stereocenters. The number of carbonyl (C=O) groups is 1. The molecule has 1 heterocycles. The standard InChI is InChI=1S/C17H21N3O4S/c1-5-24-15(22)7-12-9-25-17(19-12)20-18-8-13-11(3)16(23-4)10(2)6-14(13)21/h6,8-9,21H,5,7H2,1-4H3,(H,19,20). The van der Waals surface area contributed by atoms with Crippen LogP contribution in [0.5, 0.6) is 11.5 Å². The number of aryl methyl sites for hydroxylation is 1. The molecule has 134 valence electrons. The zero-order chi connectivity index (χ0) is 18.4. The van der Waals surface area contributed by atoms with E-state index in [2.05, 4.69) is 15.5 Å². The third-order valence-electron chi connectivity index (χ3n) is 3.47. The number of nitrogens with one attached hydrogen (secondary N) is 1. The first-order valence-electron chi connectivity index (χ1n) is 7.72. The fourth-order valence-corrected chi connectivity index (χ4v) is 3.05. The molecule has 0 amide bonds. The van der Waals surface area contributed by atoms with Gasteiger partial charge in [0.2, 0.25) is 5.13 Å². The van der Waals surface area contributed by atoms with Crippen molar-refractivity contribution in [1.82, 2.24) is 4.98 Å². The Labute approximate surface area is 150 Å². The molecule has 0 radical (unpaired) electrons. The number of benzene rings is 1. The second-order valence-corrected chi connectivity index (χ2v) is 6.14. The number of methoxy groups -OCH3 is 1. The minimum atomic E-state index is -0.310. The maximum Gasteiger partial charge on any atom is 0.311 e. The van der Waals surface area contributed by atoms with Crippen LogP contribution in [-0.2, 0) is 16.0 Å². The summed E-state index contributed by atoms with van der Waals surface area (Å²) < 4.78 is 10.2. The van der Waals surface area contributed by atoms with E-state index in [-0.39, 0.29) is 18.1 Å². The van der Waals surface area contributed by atoms with Gasteiger partial charge in [-0.05, 0) is 32.4 Å². The Kier molecular flexibility index (Phi) is 6.35. The maximum atomic E-state index is 11.4. The fourth-order valence-electron chi connectivity index (χ4n) is 2.39. The van der Waals surface area contributed by atoms with E-state index in [0.29, 0.717) is 28.7 Å². The molecule has 2 aromatic rings. The summed E-state index contributed by atoms with van der Waals surface area (Å²) in [7, 11) is 1.59. The van der Waals surface area contributed by atoms with Gasteiger partial charge in [-0.2, -0.15) is 5.10 Å². The van der Waals surface area contributed by atoms with E-state index in [1.165, 1.54) is 17.6 Å². The van der Waals surface area contributed by atoms with Gasteiger partial charge in [0.25, 0.3) is 0 Å². The van der Waals surface area contributed by atoms with Crippen molar-refractivity contribution >= 4 is 28.7 Å². The molecule has 2 N–H and O–H groups in total. The number of ether oxygens (including phenoxy) is 2. The summed E-state index contributed by atoms with van der Waals surface area (Å²) >= 11 is 1.33. The number of aromatic hydroxyl groups is 1. The van der Waals surface area contributed by atoms with Gasteiger partial charge < -0.3 is 14.6 Å². The van der Waals surface area contributed by atoms with Crippen LogP contribution in [0.25, 0.3) is 0 Å². The summed E-state index contributed by atoms with van der Waals surface area (Å²) in [4.78, 5) is 15.7. The molecule has 25 heavy (non-hydrogen) atoms. The van der Waals surface area contributed by atoms with Crippen LogP contribution in [0.2, 0.25) is 0 Å². The second-order valence-electron chi connectivity index (χ2n) is 5.28. The third-order valence-corrected chi connectivity index (χ3v) is 4.27. The summed E-state index contributed by atoms with van der Waals surface area (Å²) in [6.45, 7) is 5.83. The van der Waals surface area contributed by atoms with Gasteiger partial charge in [0.05, 0.1) is 32.0 Å². The average molecular weight is 363 g/mol. The first kappa shape index (κ1) is 18.7. The molecule has 7 nitrogen and oxygen atoms in total. The molecule has 0 fully saturated rings. The summed E-state index contributed by atoms with van der Waals surface area (Å²) in [6.07, 6.45) is 1.64. The van der Waals surface area contributed by atoms with E-state index in [1.807, 2.05) is 13.8 Å². The van der Waals surface area contributed by atoms with Crippen molar-refractivity contribution in [3.05, 3.63) is 33.8 Å². The molecule has 2 rings (SSSR count). The van der Waals surface area contributed by atoms with E-state index in [1.54, 1.807) is 25.5 Å². The summed E-state index contributed by atoms with van der Waals surface area (Å²) in [5, 5.41) is 16.5. The average Bonchev–Trinajstić information content (AvgIpc) is 2.98. The number of phenols is 1. The lowest BCUT2D eigenvalue weighted by Crippen LogP contribution is -2.07. The van der Waals surface area contributed by atoms with Crippen LogP contribution < -0.4 is 10.2 Å². The first-order chi connectivity index (χ1) is 12.0. The number of anilines is 1. The lowest BCUT2D eigenvalue weighted by molar-refractivity contribution is -0.142. The molecule has 0 saturated heterocycles. The SMILES string of the molecule is CCOC(=O)Cc1csc(NN=Cc2c(O)cc(C)c(OC)c2C)n1. The van der Waals surface area contributed by atoms with Gasteiger partial charge in [0.15, 0.2) is 0 Å². The Morgan fingerprint density at radius 3 is 2.92 bits per heavy atom. The molecule has 0 spiro atoms. The van der Waals surface area contributed by atoms with E-state index < -0.39 is 0 Å². The summed E-state index contributed by atoms with van der Waals surface area (Å²) in [5.74, 6) is 0.531. The number of esters is 1. The summed E-state index contributed by atoms with van der Waals surface area (Å²) in [5.41, 5.74) is 5.64. The van der Waals surface area contributed by atoms with Crippen LogP contribution in [0.3, 0.4) is 0 Å². The Hall–Kier alpha value is -2.61. The first-order valence-corrected chi connectivity index (χ1v) is 8.60. The van der Waals surface area contributed by atoms with E-state index >= 15 is 0 Å². The molecule has 1 aromatic heterocycles. The minimum Gasteiger partial charge on any atom is -0.507 e. The number of rotatable bonds is 7. The van der Waals surface area contributed by atoms with Gasteiger partial charge in [-0.1, -0.05) is 0 Å². The van der Waals surface area contributed by atoms with Crippen LogP contribution >= 0.6 is 11.3 Å². The van der Waals surface area contributed by atoms with Crippen molar-refractivity contribution in [2.45, 2.75) is 27.2 Å². The topological polar surface area (TPSA) is 93.0 Å². The molecular formula is C17H21N3O4S. The zero-order valence-electron chi connectivity index (χ0n) is 14.6. The third kappa shape index (κ3) is 4.69. The predicted molar refractivity (Wildman–Crippen MR) is 97.8 cm³/mol. The molecule has 0 saturated carbocycles. The lowest BCUT2D eigenvalue weighted by atomic mass is 10.0. The number of thiazole rings is 1. The number of phenolic OH excluding ortho intramolecular Hbond substituents is 1. The molecule has 1 aromatic carbocycles. The Morgan fingerprint density at radius 1 is 1.48 bits per heavy atom. The molecule has 0 aliphatic rings. The number of hydrazone groups is 1. The van der Waals surface area contributed by atoms with Crippen LogP contribution in [0.15, 0.2) is 16.5 Å². The minimum absolute atomic E-state index is 0.128. The number of hydrogen-bond donors (Lipinski definition) is 2. The van der Waals surface area contributed by atoms with Crippen molar-refractivity contribution in [3.8, 4) is 11.5 Å². The zero-order valence-corrected chi connectivity index (χ0v) is 15.4. The quantitative estimate of drug-likeness (QED) is 0.446. The van der Waals surface area contributed by atoms with Gasteiger partial charge >= 0.3 is 5.97 Å². The molecule has 0 aliphatic heterocycles. The lowest BCUT2D eigenvalue weighted by Gasteiger charge is -2.12. The van der Waals surface area contributed by atoms with Crippen molar-refractivity contribution in [1.29, 1.82) is 0 Å². The normalized spacial score (nSPS) is 10.9. The smallest absolute Gasteiger partial charge is 0.311 e. The highest BCUT2D eigenvalue weighted by atomic mass is 32.1. The fraction of sp³-hybridized carbons (Fsp3) is 0.353. The van der Waals surface area contributed by atoms with E-state index in [9.17, 15) is 9.90 Å². The molecule has 8 heteroatoms. The van der Waals surface area contributed by atoms with Gasteiger partial charge in [0.1, 0.15) is 11.5 Å². The van der Waals surface area contributed by atoms with Crippen LogP contribution in [0.4, 0.5) is 5.13 Å². The Bertz CT molecular complexity index is 786. The molecule has 0 aliphatic carbocycles. The number of nitrogens with zero attached hydrogens (tertiary/aromatic N) is 2. The van der Waals surface area contributed by atoms with Crippen molar-refractivity contribution in [2.75, 3.05) is 19.1 Å². The van der Waals surface area contributed by atoms with Crippen LogP contribution in [0, 0.1) is 13.8 Å². The largest absolute Gasteiger partial charge is 0.507 e. The second kappa shape index (κ2) is 8.48. The summed E-state index contributed by atoms with van der Waals surface area (Å²) in [6, 6.07) is 1.63. The highest BCUT2D eigenvalue weighted by molar-refractivity contribution is 7.13. The Balaban J connectivity index is 2.07. The number of hydrogen-bond acceptors (Lipinski definition) is 8. The van der Waals surface area contributed by atoms with Gasteiger partial charge in [-0.15, -0.1) is 11.3 Å². The van der Waals surface area contributed by atoms with Crippen LogP contribution in [-0.4, -0.2) is 36.0 Å². The molecule has 0 bridgehead atoms. The van der Waals surface area contributed by atoms with Crippen LogP contribution in [0.1, 0.15) is 29.3 Å². The van der Waals surface area contributed by atoms with Gasteiger partial charge in [-0.25, -0.2) is 4.98 Å². The number of carbonyl (C=O) groups excluding carboxylic acids is 1. The van der Waals surface area contributed by atoms with Crippen molar-refractivity contribution < 1.29 is 19.4 Å². The highest BCUT2D eigenvalue weighted by Crippen LogP contribution is 2.31. The van der Waals surface area contributed by atoms with E-state index in [0.717, 1.165) is 11.1 Å². The van der Waals surface area contributed by atoms with E-state index in [4.69, 9.17) is 9.47 Å². The number of aromatic nitrogens is 1. The predicted octanol–water partition coefficient (Wildman–Crippen LogP) is 3.03. The van der Waals surface area contributed by atoms with Crippen molar-refractivity contribution in [3.63, 3.8) is 0 Å². The highest BCUT2D eigenvalue weighted by Gasteiger charge is 2.12. The van der Waals surface area contributed by atoms with Crippen molar-refractivity contribution in [2.24, 2.45) is 5.10 Å². The van der Waals surface area contributed by atoms with Gasteiger partial charge in [0, 0.05) is 16.5 Å². The monoisotopic (exact) mass is 363 g/mol.